The Kier molecular flexibility index (Phi) is 6.02. The zero-order valence-corrected chi connectivity index (χ0v) is 15.2. The first-order chi connectivity index (χ1) is 11.1. The van der Waals surface area contributed by atoms with Gasteiger partial charge in [-0.2, -0.15) is 5.10 Å². The Bertz CT molecular complexity index is 694. The van der Waals surface area contributed by atoms with Crippen LogP contribution in [0.4, 0.5) is 0 Å². The van der Waals surface area contributed by atoms with E-state index in [9.17, 15) is 4.79 Å². The third kappa shape index (κ3) is 3.79. The van der Waals surface area contributed by atoms with Crippen LogP contribution in [0.15, 0.2) is 24.3 Å². The van der Waals surface area contributed by atoms with E-state index >= 15 is 0 Å². The van der Waals surface area contributed by atoms with Crippen molar-refractivity contribution in [3.05, 3.63) is 52.3 Å². The standard InChI is InChI=1S/C18H24N4O.ClH/c1-12(2)14-6-4-13(5-7-14)11-22(3)18(23)17-15-10-19-9-8-16(15)20-21-17;/h4-7,12,19H,8-11H2,1-3H3,(H,20,21);1H. The zero-order chi connectivity index (χ0) is 16.4. The van der Waals surface area contributed by atoms with Crippen molar-refractivity contribution in [1.29, 1.82) is 0 Å². The summed E-state index contributed by atoms with van der Waals surface area (Å²) in [5, 5.41) is 10.5. The summed E-state index contributed by atoms with van der Waals surface area (Å²) in [6.45, 7) is 6.59. The maximum atomic E-state index is 12.7. The number of aromatic amines is 1. The van der Waals surface area contributed by atoms with Crippen LogP contribution >= 0.6 is 12.4 Å². The third-order valence-electron chi connectivity index (χ3n) is 4.42. The van der Waals surface area contributed by atoms with Gasteiger partial charge in [0.05, 0.1) is 0 Å². The van der Waals surface area contributed by atoms with Gasteiger partial charge in [-0.15, -0.1) is 12.4 Å². The Labute approximate surface area is 149 Å². The summed E-state index contributed by atoms with van der Waals surface area (Å²) in [5.41, 5.74) is 5.10. The first kappa shape index (κ1) is 18.5. The normalized spacial score (nSPS) is 13.3. The summed E-state index contributed by atoms with van der Waals surface area (Å²) in [5.74, 6) is 0.491. The zero-order valence-electron chi connectivity index (χ0n) is 14.4. The van der Waals surface area contributed by atoms with E-state index in [-0.39, 0.29) is 18.3 Å². The van der Waals surface area contributed by atoms with Crippen molar-refractivity contribution in [2.24, 2.45) is 0 Å². The molecule has 0 fully saturated rings. The number of nitrogens with one attached hydrogen (secondary N) is 2. The molecule has 0 atom stereocenters. The van der Waals surface area contributed by atoms with E-state index in [4.69, 9.17) is 0 Å². The fraction of sp³-hybridized carbons (Fsp3) is 0.444. The van der Waals surface area contributed by atoms with Gasteiger partial charge in [-0.05, 0) is 17.0 Å². The summed E-state index contributed by atoms with van der Waals surface area (Å²) in [7, 11) is 1.83. The molecule has 24 heavy (non-hydrogen) atoms. The van der Waals surface area contributed by atoms with Gasteiger partial charge in [0.15, 0.2) is 5.69 Å². The summed E-state index contributed by atoms with van der Waals surface area (Å²) in [6.07, 6.45) is 0.899. The molecule has 1 aromatic carbocycles. The molecular formula is C18H25ClN4O. The van der Waals surface area contributed by atoms with Crippen molar-refractivity contribution in [3.63, 3.8) is 0 Å². The largest absolute Gasteiger partial charge is 0.336 e. The SMILES string of the molecule is CC(C)c1ccc(CN(C)C(=O)c2n[nH]c3c2CNCC3)cc1.Cl. The number of H-pyrrole nitrogens is 1. The maximum Gasteiger partial charge on any atom is 0.274 e. The van der Waals surface area contributed by atoms with Crippen molar-refractivity contribution in [3.8, 4) is 0 Å². The summed E-state index contributed by atoms with van der Waals surface area (Å²) in [6, 6.07) is 8.47. The molecule has 130 valence electrons. The molecule has 0 saturated heterocycles. The Morgan fingerprint density at radius 1 is 1.29 bits per heavy atom. The number of benzene rings is 1. The van der Waals surface area contributed by atoms with Crippen LogP contribution in [0.25, 0.3) is 0 Å². The van der Waals surface area contributed by atoms with Crippen LogP contribution in [0.5, 0.6) is 0 Å². The molecule has 1 aliphatic heterocycles. The van der Waals surface area contributed by atoms with Gasteiger partial charge in [-0.1, -0.05) is 38.1 Å². The highest BCUT2D eigenvalue weighted by Crippen LogP contribution is 2.19. The molecule has 5 nitrogen and oxygen atoms in total. The van der Waals surface area contributed by atoms with Gasteiger partial charge in [0.1, 0.15) is 0 Å². The van der Waals surface area contributed by atoms with Crippen LogP contribution < -0.4 is 5.32 Å². The molecule has 6 heteroatoms. The molecule has 0 bridgehead atoms. The van der Waals surface area contributed by atoms with Crippen molar-refractivity contribution in [1.82, 2.24) is 20.4 Å². The second-order valence-corrected chi connectivity index (χ2v) is 6.51. The van der Waals surface area contributed by atoms with Gasteiger partial charge in [0.2, 0.25) is 0 Å². The quantitative estimate of drug-likeness (QED) is 0.893. The molecule has 2 aromatic rings. The number of hydrogen-bond donors (Lipinski definition) is 2. The number of aromatic nitrogens is 2. The fourth-order valence-electron chi connectivity index (χ4n) is 2.94. The van der Waals surface area contributed by atoms with Gasteiger partial charge in [-0.3, -0.25) is 9.89 Å². The van der Waals surface area contributed by atoms with E-state index in [1.54, 1.807) is 4.90 Å². The summed E-state index contributed by atoms with van der Waals surface area (Å²) in [4.78, 5) is 14.4. The molecule has 1 aliphatic rings. The Morgan fingerprint density at radius 3 is 2.67 bits per heavy atom. The lowest BCUT2D eigenvalue weighted by molar-refractivity contribution is 0.0778. The lowest BCUT2D eigenvalue weighted by Gasteiger charge is -2.18. The average molecular weight is 349 g/mol. The predicted molar refractivity (Wildman–Crippen MR) is 97.6 cm³/mol. The van der Waals surface area contributed by atoms with Gasteiger partial charge < -0.3 is 10.2 Å². The lowest BCUT2D eigenvalue weighted by Crippen LogP contribution is -2.30. The number of amides is 1. The number of nitrogens with zero attached hydrogens (tertiary/aromatic N) is 2. The highest BCUT2D eigenvalue weighted by Gasteiger charge is 2.23. The number of carbonyl (C=O) groups is 1. The molecule has 0 unspecified atom stereocenters. The van der Waals surface area contributed by atoms with E-state index in [0.717, 1.165) is 29.8 Å². The predicted octanol–water partition coefficient (Wildman–Crippen LogP) is 2.87. The molecule has 1 aromatic heterocycles. The number of halogens is 1. The topological polar surface area (TPSA) is 61.0 Å². The minimum Gasteiger partial charge on any atom is -0.336 e. The minimum atomic E-state index is -0.0286. The number of hydrogen-bond acceptors (Lipinski definition) is 3. The van der Waals surface area contributed by atoms with E-state index < -0.39 is 0 Å². The number of fused-ring (bicyclic) bond motifs is 1. The molecule has 0 aliphatic carbocycles. The lowest BCUT2D eigenvalue weighted by atomic mass is 10.0. The molecule has 2 N–H and O–H groups in total. The Balaban J connectivity index is 0.00000208. The number of rotatable bonds is 4. The van der Waals surface area contributed by atoms with Gasteiger partial charge >= 0.3 is 0 Å². The molecule has 0 radical (unpaired) electrons. The first-order valence-electron chi connectivity index (χ1n) is 8.17. The third-order valence-corrected chi connectivity index (χ3v) is 4.42. The second-order valence-electron chi connectivity index (χ2n) is 6.51. The smallest absolute Gasteiger partial charge is 0.274 e. The van der Waals surface area contributed by atoms with Crippen LogP contribution in [0.1, 0.15) is 52.6 Å². The summed E-state index contributed by atoms with van der Waals surface area (Å²) >= 11 is 0. The molecule has 1 amide bonds. The van der Waals surface area contributed by atoms with E-state index in [1.807, 2.05) is 7.05 Å². The molecule has 0 spiro atoms. The molecule has 2 heterocycles. The Hall–Kier alpha value is -1.85. The average Bonchev–Trinajstić information content (AvgIpc) is 2.98. The van der Waals surface area contributed by atoms with Crippen molar-refractivity contribution >= 4 is 18.3 Å². The fourth-order valence-corrected chi connectivity index (χ4v) is 2.94. The molecular weight excluding hydrogens is 324 g/mol. The highest BCUT2D eigenvalue weighted by molar-refractivity contribution is 5.93. The van der Waals surface area contributed by atoms with Gasteiger partial charge in [0.25, 0.3) is 5.91 Å². The second kappa shape index (κ2) is 7.81. The van der Waals surface area contributed by atoms with Crippen LogP contribution in [0, 0.1) is 0 Å². The van der Waals surface area contributed by atoms with Crippen molar-refractivity contribution < 1.29 is 4.79 Å². The van der Waals surface area contributed by atoms with Crippen LogP contribution in [0.2, 0.25) is 0 Å². The van der Waals surface area contributed by atoms with Crippen molar-refractivity contribution in [2.45, 2.75) is 39.3 Å². The maximum absolute atomic E-state index is 12.7. The number of carbonyl (C=O) groups excluding carboxylic acids is 1. The van der Waals surface area contributed by atoms with E-state index in [1.165, 1.54) is 5.56 Å². The highest BCUT2D eigenvalue weighted by atomic mass is 35.5. The van der Waals surface area contributed by atoms with Crippen molar-refractivity contribution in [2.75, 3.05) is 13.6 Å². The van der Waals surface area contributed by atoms with Crippen LogP contribution in [0.3, 0.4) is 0 Å². The summed E-state index contributed by atoms with van der Waals surface area (Å²) < 4.78 is 0. The van der Waals surface area contributed by atoms with Crippen LogP contribution in [-0.2, 0) is 19.5 Å². The van der Waals surface area contributed by atoms with E-state index in [2.05, 4.69) is 53.6 Å². The van der Waals surface area contributed by atoms with Gasteiger partial charge in [0, 0.05) is 44.4 Å². The first-order valence-corrected chi connectivity index (χ1v) is 8.17. The monoisotopic (exact) mass is 348 g/mol. The molecule has 3 rings (SSSR count). The Morgan fingerprint density at radius 2 is 2.00 bits per heavy atom. The van der Waals surface area contributed by atoms with E-state index in [0.29, 0.717) is 24.7 Å². The molecule has 0 saturated carbocycles. The van der Waals surface area contributed by atoms with Crippen LogP contribution in [-0.4, -0.2) is 34.6 Å². The van der Waals surface area contributed by atoms with Gasteiger partial charge in [-0.25, -0.2) is 0 Å². The minimum absolute atomic E-state index is 0.